The summed E-state index contributed by atoms with van der Waals surface area (Å²) in [6, 6.07) is 9.02. The second kappa shape index (κ2) is 5.93. The molecule has 4 rings (SSSR count). The Hall–Kier alpha value is -2.14. The number of nitrogens with zero attached hydrogens (tertiary/aromatic N) is 3. The normalized spacial score (nSPS) is 20.7. The fourth-order valence-corrected chi connectivity index (χ4v) is 3.36. The molecule has 1 aromatic carbocycles. The summed E-state index contributed by atoms with van der Waals surface area (Å²) in [4.78, 5) is 11.4. The molecule has 0 bridgehead atoms. The molecule has 0 amide bonds. The zero-order valence-corrected chi connectivity index (χ0v) is 12.6. The van der Waals surface area contributed by atoms with Gasteiger partial charge in [-0.2, -0.15) is 0 Å². The van der Waals surface area contributed by atoms with Crippen molar-refractivity contribution in [1.29, 1.82) is 0 Å². The molecule has 5 heteroatoms. The summed E-state index contributed by atoms with van der Waals surface area (Å²) in [5, 5.41) is 6.92. The van der Waals surface area contributed by atoms with Crippen molar-refractivity contribution in [3.05, 3.63) is 47.8 Å². The Labute approximate surface area is 130 Å². The van der Waals surface area contributed by atoms with Crippen LogP contribution < -0.4 is 15.5 Å². The van der Waals surface area contributed by atoms with Crippen LogP contribution in [0.3, 0.4) is 0 Å². The quantitative estimate of drug-likeness (QED) is 0.907. The number of anilines is 2. The van der Waals surface area contributed by atoms with Crippen LogP contribution in [0.2, 0.25) is 0 Å². The van der Waals surface area contributed by atoms with Gasteiger partial charge < -0.3 is 15.5 Å². The molecule has 2 aliphatic rings. The first-order valence-corrected chi connectivity index (χ1v) is 8.02. The number of aryl methyl sites for hydroxylation is 1. The number of piperazine rings is 1. The lowest BCUT2D eigenvalue weighted by Gasteiger charge is -2.28. The monoisotopic (exact) mass is 295 g/mol. The van der Waals surface area contributed by atoms with E-state index in [0.29, 0.717) is 6.04 Å². The number of nitrogens with one attached hydrogen (secondary N) is 2. The molecule has 22 heavy (non-hydrogen) atoms. The predicted octanol–water partition coefficient (Wildman–Crippen LogP) is 1.99. The van der Waals surface area contributed by atoms with Gasteiger partial charge in [0.15, 0.2) is 0 Å². The van der Waals surface area contributed by atoms with Crippen molar-refractivity contribution in [2.45, 2.75) is 18.9 Å². The van der Waals surface area contributed by atoms with Crippen LogP contribution in [-0.2, 0) is 6.42 Å². The van der Waals surface area contributed by atoms with E-state index >= 15 is 0 Å². The molecule has 2 aromatic rings. The first-order valence-electron chi connectivity index (χ1n) is 8.02. The minimum absolute atomic E-state index is 0.351. The average molecular weight is 295 g/mol. The molecule has 1 unspecified atom stereocenters. The number of aromatic nitrogens is 2. The van der Waals surface area contributed by atoms with Gasteiger partial charge in [-0.1, -0.05) is 24.3 Å². The Morgan fingerprint density at radius 1 is 1.14 bits per heavy atom. The highest BCUT2D eigenvalue weighted by Crippen LogP contribution is 2.33. The number of rotatable bonds is 3. The molecule has 0 saturated carbocycles. The Kier molecular flexibility index (Phi) is 3.64. The first-order chi connectivity index (χ1) is 10.9. The van der Waals surface area contributed by atoms with Crippen LogP contribution in [0.15, 0.2) is 36.7 Å². The smallest absolute Gasteiger partial charge is 0.149 e. The maximum absolute atomic E-state index is 4.76. The largest absolute Gasteiger partial charge is 0.362 e. The summed E-state index contributed by atoms with van der Waals surface area (Å²) >= 11 is 0. The van der Waals surface area contributed by atoms with E-state index in [2.05, 4.69) is 44.8 Å². The zero-order chi connectivity index (χ0) is 14.8. The summed E-state index contributed by atoms with van der Waals surface area (Å²) in [7, 11) is 0. The van der Waals surface area contributed by atoms with E-state index in [4.69, 9.17) is 4.98 Å². The summed E-state index contributed by atoms with van der Waals surface area (Å²) in [5.41, 5.74) is 2.85. The Morgan fingerprint density at radius 2 is 2.00 bits per heavy atom. The number of hydrogen-bond acceptors (Lipinski definition) is 5. The molecule has 0 spiro atoms. The topological polar surface area (TPSA) is 53.1 Å². The number of benzene rings is 1. The van der Waals surface area contributed by atoms with E-state index in [1.54, 1.807) is 0 Å². The van der Waals surface area contributed by atoms with Crippen LogP contribution in [-0.4, -0.2) is 36.1 Å². The van der Waals surface area contributed by atoms with Gasteiger partial charge in [0.25, 0.3) is 0 Å². The maximum atomic E-state index is 4.76. The van der Waals surface area contributed by atoms with E-state index in [9.17, 15) is 0 Å². The van der Waals surface area contributed by atoms with Gasteiger partial charge in [-0.25, -0.2) is 4.98 Å². The highest BCUT2D eigenvalue weighted by atomic mass is 15.2. The lowest BCUT2D eigenvalue weighted by Crippen LogP contribution is -2.44. The van der Waals surface area contributed by atoms with Gasteiger partial charge in [-0.15, -0.1) is 0 Å². The van der Waals surface area contributed by atoms with Crippen molar-refractivity contribution in [1.82, 2.24) is 15.3 Å². The van der Waals surface area contributed by atoms with Crippen molar-refractivity contribution in [3.63, 3.8) is 0 Å². The first kappa shape index (κ1) is 13.5. The molecule has 0 radical (unpaired) electrons. The molecule has 1 fully saturated rings. The SMILES string of the molecule is c1ccc2c(c1)CCC2Nc1cncc(N2CCNCC2)n1. The van der Waals surface area contributed by atoms with Gasteiger partial charge in [0, 0.05) is 26.2 Å². The second-order valence-electron chi connectivity index (χ2n) is 5.93. The third-order valence-corrected chi connectivity index (χ3v) is 4.52. The summed E-state index contributed by atoms with van der Waals surface area (Å²) < 4.78 is 0. The van der Waals surface area contributed by atoms with Gasteiger partial charge >= 0.3 is 0 Å². The Morgan fingerprint density at radius 3 is 2.91 bits per heavy atom. The van der Waals surface area contributed by atoms with Crippen molar-refractivity contribution >= 4 is 11.6 Å². The molecular formula is C17H21N5. The second-order valence-corrected chi connectivity index (χ2v) is 5.93. The fourth-order valence-electron chi connectivity index (χ4n) is 3.36. The summed E-state index contributed by atoms with van der Waals surface area (Å²) in [6.07, 6.45) is 5.95. The van der Waals surface area contributed by atoms with Crippen molar-refractivity contribution in [3.8, 4) is 0 Å². The van der Waals surface area contributed by atoms with Gasteiger partial charge in [-0.05, 0) is 24.0 Å². The van der Waals surface area contributed by atoms with Crippen LogP contribution in [0.1, 0.15) is 23.6 Å². The minimum Gasteiger partial charge on any atom is -0.362 e. The third kappa shape index (κ3) is 2.64. The molecule has 2 N–H and O–H groups in total. The van der Waals surface area contributed by atoms with E-state index < -0.39 is 0 Å². The van der Waals surface area contributed by atoms with Gasteiger partial charge in [0.05, 0.1) is 18.4 Å². The maximum Gasteiger partial charge on any atom is 0.149 e. The van der Waals surface area contributed by atoms with Gasteiger partial charge in [0.1, 0.15) is 11.6 Å². The minimum atomic E-state index is 0.351. The zero-order valence-electron chi connectivity index (χ0n) is 12.6. The molecule has 114 valence electrons. The Balaban J connectivity index is 1.52. The predicted molar refractivity (Wildman–Crippen MR) is 88.2 cm³/mol. The molecule has 1 saturated heterocycles. The van der Waals surface area contributed by atoms with Gasteiger partial charge in [-0.3, -0.25) is 4.98 Å². The molecule has 1 atom stereocenters. The standard InChI is InChI=1S/C17H21N5/c1-2-4-14-13(3-1)5-6-15(14)20-16-11-19-12-17(21-16)22-9-7-18-8-10-22/h1-4,11-12,15,18H,5-10H2,(H,20,21). The Bertz CT molecular complexity index is 651. The van der Waals surface area contributed by atoms with Crippen molar-refractivity contribution in [2.24, 2.45) is 0 Å². The van der Waals surface area contributed by atoms with Crippen LogP contribution in [0.5, 0.6) is 0 Å². The third-order valence-electron chi connectivity index (χ3n) is 4.52. The number of fused-ring (bicyclic) bond motifs is 1. The molecular weight excluding hydrogens is 274 g/mol. The van der Waals surface area contributed by atoms with Crippen LogP contribution in [0.4, 0.5) is 11.6 Å². The summed E-state index contributed by atoms with van der Waals surface area (Å²) in [6.45, 7) is 4.00. The molecule has 1 aromatic heterocycles. The highest BCUT2D eigenvalue weighted by molar-refractivity contribution is 5.47. The van der Waals surface area contributed by atoms with E-state index in [-0.39, 0.29) is 0 Å². The number of hydrogen-bond donors (Lipinski definition) is 2. The van der Waals surface area contributed by atoms with Crippen LogP contribution in [0.25, 0.3) is 0 Å². The molecule has 1 aliphatic heterocycles. The molecule has 1 aliphatic carbocycles. The lowest BCUT2D eigenvalue weighted by atomic mass is 10.1. The average Bonchev–Trinajstić information content (AvgIpc) is 2.99. The van der Waals surface area contributed by atoms with Gasteiger partial charge in [0.2, 0.25) is 0 Å². The van der Waals surface area contributed by atoms with Crippen molar-refractivity contribution < 1.29 is 0 Å². The summed E-state index contributed by atoms with van der Waals surface area (Å²) in [5.74, 6) is 1.84. The fraction of sp³-hybridized carbons (Fsp3) is 0.412. The lowest BCUT2D eigenvalue weighted by molar-refractivity contribution is 0.584. The molecule has 2 heterocycles. The van der Waals surface area contributed by atoms with E-state index in [1.807, 2.05) is 12.4 Å². The van der Waals surface area contributed by atoms with E-state index in [1.165, 1.54) is 11.1 Å². The van der Waals surface area contributed by atoms with Crippen LogP contribution >= 0.6 is 0 Å². The van der Waals surface area contributed by atoms with Crippen LogP contribution in [0, 0.1) is 0 Å². The van der Waals surface area contributed by atoms with Crippen molar-refractivity contribution in [2.75, 3.05) is 36.4 Å². The van der Waals surface area contributed by atoms with E-state index in [0.717, 1.165) is 50.7 Å². The molecule has 5 nitrogen and oxygen atoms in total. The highest BCUT2D eigenvalue weighted by Gasteiger charge is 2.22.